The van der Waals surface area contributed by atoms with E-state index in [2.05, 4.69) is 15.3 Å². The number of piperazine rings is 1. The number of aliphatic hydroxyl groups excluding tert-OH is 1. The third-order valence-corrected chi connectivity index (χ3v) is 5.32. The van der Waals surface area contributed by atoms with E-state index in [1.165, 1.54) is 18.3 Å². The molecule has 0 spiro atoms. The predicted molar refractivity (Wildman–Crippen MR) is 109 cm³/mol. The Bertz CT molecular complexity index is 914. The van der Waals surface area contributed by atoms with Crippen molar-refractivity contribution in [3.63, 3.8) is 0 Å². The molecule has 0 atom stereocenters. The van der Waals surface area contributed by atoms with Crippen LogP contribution in [0.5, 0.6) is 0 Å². The largest absolute Gasteiger partial charge is 0.416 e. The molecule has 2 N–H and O–H groups in total. The summed E-state index contributed by atoms with van der Waals surface area (Å²) >= 11 is 6.07. The van der Waals surface area contributed by atoms with Gasteiger partial charge in [-0.3, -0.25) is 9.69 Å². The van der Waals surface area contributed by atoms with Gasteiger partial charge in [-0.05, 0) is 18.2 Å². The monoisotopic (exact) mass is 445 g/mol. The minimum absolute atomic E-state index is 0.0211. The number of rotatable bonds is 7. The minimum atomic E-state index is -4.35. The highest BCUT2D eigenvalue weighted by molar-refractivity contribution is 6.32. The van der Waals surface area contributed by atoms with Crippen molar-refractivity contribution in [2.75, 3.05) is 56.1 Å². The summed E-state index contributed by atoms with van der Waals surface area (Å²) in [4.78, 5) is 16.2. The molecule has 2 heterocycles. The lowest BCUT2D eigenvalue weighted by Crippen LogP contribution is -2.47. The summed E-state index contributed by atoms with van der Waals surface area (Å²) in [6.07, 6.45) is -2.90. The minimum Gasteiger partial charge on any atom is -0.394 e. The second kappa shape index (κ2) is 9.67. The number of nitrogens with zero attached hydrogens (tertiary/aromatic N) is 4. The summed E-state index contributed by atoms with van der Waals surface area (Å²) in [6, 6.07) is 5.39. The molecule has 1 fully saturated rings. The van der Waals surface area contributed by atoms with Crippen molar-refractivity contribution in [1.29, 1.82) is 0 Å². The number of aliphatic hydroxyl groups is 1. The molecular weight excluding hydrogens is 423 g/mol. The van der Waals surface area contributed by atoms with Gasteiger partial charge in [-0.25, -0.2) is 4.68 Å². The van der Waals surface area contributed by atoms with Gasteiger partial charge in [-0.15, -0.1) is 0 Å². The molecular formula is C19H23ClF3N5O2. The van der Waals surface area contributed by atoms with E-state index in [1.54, 1.807) is 6.07 Å². The van der Waals surface area contributed by atoms with Crippen molar-refractivity contribution in [2.24, 2.45) is 0 Å². The van der Waals surface area contributed by atoms with Gasteiger partial charge in [0.1, 0.15) is 5.02 Å². The van der Waals surface area contributed by atoms with Crippen LogP contribution in [0.2, 0.25) is 5.02 Å². The number of nitrogens with one attached hydrogen (secondary N) is 1. The first-order chi connectivity index (χ1) is 14.3. The summed E-state index contributed by atoms with van der Waals surface area (Å²) in [7, 11) is 0. The Morgan fingerprint density at radius 1 is 1.17 bits per heavy atom. The summed E-state index contributed by atoms with van der Waals surface area (Å²) in [5.74, 6) is 0. The molecule has 11 heteroatoms. The summed E-state index contributed by atoms with van der Waals surface area (Å²) < 4.78 is 39.8. The Kier molecular flexibility index (Phi) is 7.22. The van der Waals surface area contributed by atoms with Crippen LogP contribution in [0.3, 0.4) is 0 Å². The Morgan fingerprint density at radius 2 is 1.90 bits per heavy atom. The lowest BCUT2D eigenvalue weighted by molar-refractivity contribution is -0.137. The second-order valence-electron chi connectivity index (χ2n) is 6.93. The standard InChI is InChI=1S/C19H23ClF3N5O2/c20-17-16(13-25-28(10-11-29)18(17)30)24-4-5-26-6-8-27(9-7-26)15-3-1-2-14(12-15)19(21,22)23/h1-3,12-13,24,29H,4-11H2. The van der Waals surface area contributed by atoms with Gasteiger partial charge >= 0.3 is 6.18 Å². The number of aromatic nitrogens is 2. The van der Waals surface area contributed by atoms with Gasteiger partial charge in [0, 0.05) is 45.0 Å². The third kappa shape index (κ3) is 5.44. The number of alkyl halides is 3. The summed E-state index contributed by atoms with van der Waals surface area (Å²) in [5, 5.41) is 16.0. The average Bonchev–Trinajstić information content (AvgIpc) is 2.73. The third-order valence-electron chi connectivity index (χ3n) is 4.95. The highest BCUT2D eigenvalue weighted by Gasteiger charge is 2.31. The molecule has 0 amide bonds. The summed E-state index contributed by atoms with van der Waals surface area (Å²) in [6.45, 7) is 3.77. The number of benzene rings is 1. The molecule has 1 aliphatic heterocycles. The van der Waals surface area contributed by atoms with E-state index in [-0.39, 0.29) is 18.2 Å². The van der Waals surface area contributed by atoms with Gasteiger partial charge in [0.05, 0.1) is 30.6 Å². The fourth-order valence-corrected chi connectivity index (χ4v) is 3.51. The van der Waals surface area contributed by atoms with E-state index in [4.69, 9.17) is 16.7 Å². The van der Waals surface area contributed by atoms with Crippen molar-refractivity contribution in [2.45, 2.75) is 12.7 Å². The van der Waals surface area contributed by atoms with E-state index < -0.39 is 17.3 Å². The van der Waals surface area contributed by atoms with E-state index >= 15 is 0 Å². The topological polar surface area (TPSA) is 73.6 Å². The van der Waals surface area contributed by atoms with E-state index in [0.29, 0.717) is 50.6 Å². The molecule has 1 saturated heterocycles. The lowest BCUT2D eigenvalue weighted by Gasteiger charge is -2.36. The Labute approximate surface area is 176 Å². The van der Waals surface area contributed by atoms with Gasteiger partial charge in [-0.1, -0.05) is 17.7 Å². The summed E-state index contributed by atoms with van der Waals surface area (Å²) in [5.41, 5.74) is -0.106. The van der Waals surface area contributed by atoms with Crippen LogP contribution in [-0.2, 0) is 12.7 Å². The van der Waals surface area contributed by atoms with Gasteiger partial charge in [-0.2, -0.15) is 18.3 Å². The fourth-order valence-electron chi connectivity index (χ4n) is 3.30. The Balaban J connectivity index is 1.49. The molecule has 0 saturated carbocycles. The van der Waals surface area contributed by atoms with Crippen molar-refractivity contribution in [3.05, 3.63) is 51.4 Å². The zero-order valence-electron chi connectivity index (χ0n) is 16.2. The number of hydrogen-bond donors (Lipinski definition) is 2. The molecule has 1 aliphatic rings. The Hall–Kier alpha value is -2.30. The van der Waals surface area contributed by atoms with Crippen LogP contribution in [-0.4, -0.2) is 65.7 Å². The van der Waals surface area contributed by atoms with E-state index in [1.807, 2.05) is 4.90 Å². The van der Waals surface area contributed by atoms with Crippen LogP contribution < -0.4 is 15.8 Å². The maximum absolute atomic E-state index is 12.9. The van der Waals surface area contributed by atoms with Crippen LogP contribution in [0.15, 0.2) is 35.3 Å². The highest BCUT2D eigenvalue weighted by atomic mass is 35.5. The molecule has 0 bridgehead atoms. The fraction of sp³-hybridized carbons (Fsp3) is 0.474. The van der Waals surface area contributed by atoms with E-state index in [0.717, 1.165) is 10.7 Å². The highest BCUT2D eigenvalue weighted by Crippen LogP contribution is 2.31. The normalized spacial score (nSPS) is 15.4. The predicted octanol–water partition coefficient (Wildman–Crippen LogP) is 2.14. The first-order valence-corrected chi connectivity index (χ1v) is 9.92. The molecule has 0 unspecified atom stereocenters. The molecule has 0 radical (unpaired) electrons. The van der Waals surface area contributed by atoms with Crippen molar-refractivity contribution in [1.82, 2.24) is 14.7 Å². The van der Waals surface area contributed by atoms with Crippen LogP contribution in [0, 0.1) is 0 Å². The first-order valence-electron chi connectivity index (χ1n) is 9.54. The lowest BCUT2D eigenvalue weighted by atomic mass is 10.1. The molecule has 3 rings (SSSR count). The second-order valence-corrected chi connectivity index (χ2v) is 7.31. The smallest absolute Gasteiger partial charge is 0.394 e. The number of halogens is 4. The average molecular weight is 446 g/mol. The van der Waals surface area contributed by atoms with Crippen LogP contribution >= 0.6 is 11.6 Å². The molecule has 7 nitrogen and oxygen atoms in total. The maximum Gasteiger partial charge on any atom is 0.416 e. The number of hydrogen-bond acceptors (Lipinski definition) is 6. The molecule has 2 aromatic rings. The van der Waals surface area contributed by atoms with Crippen molar-refractivity contribution >= 4 is 23.0 Å². The van der Waals surface area contributed by atoms with Gasteiger partial charge in [0.15, 0.2) is 0 Å². The SMILES string of the molecule is O=c1c(Cl)c(NCCN2CCN(c3cccc(C(F)(F)F)c3)CC2)cnn1CCO. The quantitative estimate of drug-likeness (QED) is 0.680. The molecule has 164 valence electrons. The molecule has 30 heavy (non-hydrogen) atoms. The maximum atomic E-state index is 12.9. The van der Waals surface area contributed by atoms with Crippen molar-refractivity contribution in [3.8, 4) is 0 Å². The van der Waals surface area contributed by atoms with Crippen LogP contribution in [0.25, 0.3) is 0 Å². The Morgan fingerprint density at radius 3 is 2.57 bits per heavy atom. The molecule has 0 aliphatic carbocycles. The van der Waals surface area contributed by atoms with Crippen LogP contribution in [0.1, 0.15) is 5.56 Å². The number of anilines is 2. The zero-order valence-corrected chi connectivity index (χ0v) is 17.0. The van der Waals surface area contributed by atoms with Gasteiger partial charge in [0.2, 0.25) is 0 Å². The van der Waals surface area contributed by atoms with E-state index in [9.17, 15) is 18.0 Å². The van der Waals surface area contributed by atoms with Gasteiger partial charge < -0.3 is 15.3 Å². The molecule has 1 aromatic heterocycles. The first kappa shape index (κ1) is 22.4. The zero-order chi connectivity index (χ0) is 21.7. The molecule has 1 aromatic carbocycles. The van der Waals surface area contributed by atoms with Gasteiger partial charge in [0.25, 0.3) is 5.56 Å². The van der Waals surface area contributed by atoms with Crippen molar-refractivity contribution < 1.29 is 18.3 Å². The van der Waals surface area contributed by atoms with Crippen LogP contribution in [0.4, 0.5) is 24.5 Å².